The minimum atomic E-state index is -0.987. The lowest BCUT2D eigenvalue weighted by Gasteiger charge is -2.43. The van der Waals surface area contributed by atoms with Gasteiger partial charge in [-0.1, -0.05) is 13.3 Å². The minimum Gasteiger partial charge on any atom is -0.481 e. The van der Waals surface area contributed by atoms with Crippen molar-refractivity contribution in [1.29, 1.82) is 0 Å². The van der Waals surface area contributed by atoms with Crippen LogP contribution in [0.3, 0.4) is 0 Å². The van der Waals surface area contributed by atoms with Gasteiger partial charge in [0.1, 0.15) is 5.60 Å². The predicted molar refractivity (Wildman–Crippen MR) is 85.2 cm³/mol. The van der Waals surface area contributed by atoms with E-state index in [-0.39, 0.29) is 5.78 Å². The van der Waals surface area contributed by atoms with Crippen LogP contribution in [0.2, 0.25) is 0 Å². The van der Waals surface area contributed by atoms with Gasteiger partial charge < -0.3 is 19.7 Å². The highest BCUT2D eigenvalue weighted by Gasteiger charge is 2.54. The Morgan fingerprint density at radius 2 is 2.08 bits per heavy atom. The number of carbonyl (C=O) groups is 2. The van der Waals surface area contributed by atoms with Gasteiger partial charge in [0.2, 0.25) is 0 Å². The van der Waals surface area contributed by atoms with Crippen LogP contribution in [0.15, 0.2) is 24.3 Å². The first-order valence-corrected chi connectivity index (χ1v) is 8.58. The second kappa shape index (κ2) is 6.43. The Bertz CT molecular complexity index is 564. The van der Waals surface area contributed by atoms with Crippen LogP contribution in [0.4, 0.5) is 0 Å². The average Bonchev–Trinajstić information content (AvgIpc) is 2.85. The fraction of sp³-hybridized carbons (Fsp3) is 0.667. The van der Waals surface area contributed by atoms with Crippen molar-refractivity contribution in [2.24, 2.45) is 5.92 Å². The maximum Gasteiger partial charge on any atom is 0.309 e. The predicted octanol–water partition coefficient (Wildman–Crippen LogP) is 1.97. The number of carboxylic acids is 1. The molecule has 0 radical (unpaired) electrons. The number of hydrogen-bond donors (Lipinski definition) is 2. The molecule has 2 saturated heterocycles. The van der Waals surface area contributed by atoms with Crippen molar-refractivity contribution in [2.45, 2.75) is 69.0 Å². The molecule has 6 nitrogen and oxygen atoms in total. The molecule has 4 atom stereocenters. The van der Waals surface area contributed by atoms with E-state index >= 15 is 0 Å². The molecule has 0 bridgehead atoms. The minimum absolute atomic E-state index is 0.0819. The van der Waals surface area contributed by atoms with Crippen LogP contribution < -0.4 is 0 Å². The van der Waals surface area contributed by atoms with Gasteiger partial charge in [-0.2, -0.15) is 0 Å². The molecule has 3 rings (SSSR count). The SMILES string of the molecule is CCC[C@@H](C(=O)O)C1C[C@H](O)C[C@@]2(CCC3(C=CC(=O)C=C3)O2)O1. The quantitative estimate of drug-likeness (QED) is 0.815. The Kier molecular flexibility index (Phi) is 4.64. The summed E-state index contributed by atoms with van der Waals surface area (Å²) < 4.78 is 12.3. The molecule has 0 aromatic rings. The number of rotatable bonds is 4. The molecule has 2 N–H and O–H groups in total. The first-order valence-electron chi connectivity index (χ1n) is 8.58. The molecule has 2 aliphatic heterocycles. The molecule has 6 heteroatoms. The van der Waals surface area contributed by atoms with Crippen molar-refractivity contribution in [2.75, 3.05) is 0 Å². The topological polar surface area (TPSA) is 93.1 Å². The summed E-state index contributed by atoms with van der Waals surface area (Å²) in [6.07, 6.45) is 8.24. The third-order valence-corrected chi connectivity index (χ3v) is 5.11. The molecule has 2 fully saturated rings. The number of aliphatic carboxylic acids is 1. The summed E-state index contributed by atoms with van der Waals surface area (Å²) in [6.45, 7) is 1.93. The van der Waals surface area contributed by atoms with Gasteiger partial charge in [0, 0.05) is 19.3 Å². The van der Waals surface area contributed by atoms with E-state index in [2.05, 4.69) is 0 Å². The van der Waals surface area contributed by atoms with Gasteiger partial charge in [-0.05, 0) is 37.1 Å². The van der Waals surface area contributed by atoms with Gasteiger partial charge in [0.15, 0.2) is 11.6 Å². The lowest BCUT2D eigenvalue weighted by molar-refractivity contribution is -0.298. The number of allylic oxidation sites excluding steroid dienone is 2. The molecular formula is C18H24O6. The first-order chi connectivity index (χ1) is 11.4. The van der Waals surface area contributed by atoms with E-state index in [0.29, 0.717) is 32.1 Å². The van der Waals surface area contributed by atoms with E-state index in [1.807, 2.05) is 6.92 Å². The van der Waals surface area contributed by atoms with Crippen molar-refractivity contribution >= 4 is 11.8 Å². The summed E-state index contributed by atoms with van der Waals surface area (Å²) in [4.78, 5) is 22.9. The van der Waals surface area contributed by atoms with Gasteiger partial charge in [0.25, 0.3) is 0 Å². The number of ether oxygens (including phenoxy) is 2. The highest BCUT2D eigenvalue weighted by Crippen LogP contribution is 2.48. The fourth-order valence-electron chi connectivity index (χ4n) is 3.96. The largest absolute Gasteiger partial charge is 0.481 e. The first kappa shape index (κ1) is 17.3. The van der Waals surface area contributed by atoms with E-state index in [1.54, 1.807) is 12.2 Å². The van der Waals surface area contributed by atoms with Gasteiger partial charge in [-0.3, -0.25) is 9.59 Å². The summed E-state index contributed by atoms with van der Waals surface area (Å²) in [5.74, 6) is -2.62. The zero-order valence-electron chi connectivity index (χ0n) is 13.8. The van der Waals surface area contributed by atoms with E-state index < -0.39 is 35.5 Å². The monoisotopic (exact) mass is 336 g/mol. The molecule has 0 aromatic carbocycles. The molecule has 1 aliphatic carbocycles. The summed E-state index contributed by atoms with van der Waals surface area (Å²) >= 11 is 0. The van der Waals surface area contributed by atoms with Gasteiger partial charge in [0.05, 0.1) is 18.1 Å². The Morgan fingerprint density at radius 3 is 2.71 bits per heavy atom. The summed E-state index contributed by atoms with van der Waals surface area (Å²) in [5, 5.41) is 19.8. The van der Waals surface area contributed by atoms with E-state index in [9.17, 15) is 19.8 Å². The third kappa shape index (κ3) is 3.31. The molecular weight excluding hydrogens is 312 g/mol. The number of hydrogen-bond acceptors (Lipinski definition) is 5. The third-order valence-electron chi connectivity index (χ3n) is 5.11. The molecule has 0 saturated carbocycles. The maximum absolute atomic E-state index is 11.6. The molecule has 0 aromatic heterocycles. The van der Waals surface area contributed by atoms with Crippen LogP contribution in [-0.4, -0.2) is 45.6 Å². The standard InChI is InChI=1S/C18H24O6/c1-2-3-14(16(21)22)15-10-13(20)11-18(23-15)9-8-17(24-18)6-4-12(19)5-7-17/h4-7,13-15,20H,2-3,8-11H2,1H3,(H,21,22)/t13-,14+,15?,18-/m0/s1. The zero-order chi connectivity index (χ0) is 17.4. The molecule has 3 aliphatic rings. The maximum atomic E-state index is 11.6. The van der Waals surface area contributed by atoms with E-state index in [4.69, 9.17) is 9.47 Å². The van der Waals surface area contributed by atoms with E-state index in [0.717, 1.165) is 6.42 Å². The molecule has 1 unspecified atom stereocenters. The summed E-state index contributed by atoms with van der Waals surface area (Å²) in [5.41, 5.74) is -0.695. The Labute approximate surface area is 141 Å². The van der Waals surface area contributed by atoms with Gasteiger partial charge >= 0.3 is 5.97 Å². The van der Waals surface area contributed by atoms with Crippen molar-refractivity contribution < 1.29 is 29.3 Å². The Hall–Kier alpha value is -1.50. The fourth-order valence-corrected chi connectivity index (χ4v) is 3.96. The van der Waals surface area contributed by atoms with Crippen LogP contribution >= 0.6 is 0 Å². The summed E-state index contributed by atoms with van der Waals surface area (Å²) in [7, 11) is 0. The van der Waals surface area contributed by atoms with Gasteiger partial charge in [-0.15, -0.1) is 0 Å². The average molecular weight is 336 g/mol. The van der Waals surface area contributed by atoms with Crippen LogP contribution in [0.1, 0.15) is 45.4 Å². The van der Waals surface area contributed by atoms with Crippen molar-refractivity contribution in [3.8, 4) is 0 Å². The van der Waals surface area contributed by atoms with Crippen LogP contribution in [-0.2, 0) is 19.1 Å². The number of aliphatic hydroxyl groups is 1. The van der Waals surface area contributed by atoms with Crippen LogP contribution in [0.25, 0.3) is 0 Å². The van der Waals surface area contributed by atoms with Crippen molar-refractivity contribution in [3.05, 3.63) is 24.3 Å². The number of carbonyl (C=O) groups excluding carboxylic acids is 1. The normalized spacial score (nSPS) is 35.7. The number of carboxylic acid groups (broad SMARTS) is 1. The van der Waals surface area contributed by atoms with Gasteiger partial charge in [-0.25, -0.2) is 0 Å². The Morgan fingerprint density at radius 1 is 1.38 bits per heavy atom. The van der Waals surface area contributed by atoms with E-state index in [1.165, 1.54) is 12.2 Å². The molecule has 24 heavy (non-hydrogen) atoms. The number of aliphatic hydroxyl groups excluding tert-OH is 1. The molecule has 132 valence electrons. The molecule has 2 spiro atoms. The highest BCUT2D eigenvalue weighted by molar-refractivity contribution is 6.00. The zero-order valence-corrected chi connectivity index (χ0v) is 13.8. The lowest BCUT2D eigenvalue weighted by atomic mass is 9.87. The molecule has 2 heterocycles. The smallest absolute Gasteiger partial charge is 0.309 e. The lowest BCUT2D eigenvalue weighted by Crippen LogP contribution is -2.50. The van der Waals surface area contributed by atoms with Crippen LogP contribution in [0, 0.1) is 5.92 Å². The Balaban J connectivity index is 1.79. The second-order valence-corrected chi connectivity index (χ2v) is 7.02. The van der Waals surface area contributed by atoms with Crippen molar-refractivity contribution in [1.82, 2.24) is 0 Å². The second-order valence-electron chi connectivity index (χ2n) is 7.02. The highest BCUT2D eigenvalue weighted by atomic mass is 16.7. The number of ketones is 1. The molecule has 0 amide bonds. The van der Waals surface area contributed by atoms with Crippen molar-refractivity contribution in [3.63, 3.8) is 0 Å². The van der Waals surface area contributed by atoms with Crippen LogP contribution in [0.5, 0.6) is 0 Å². The summed E-state index contributed by atoms with van der Waals surface area (Å²) in [6, 6.07) is 0.